The molecular formula is C12H9BrN4. The minimum absolute atomic E-state index is 0.231. The van der Waals surface area contributed by atoms with Crippen molar-refractivity contribution >= 4 is 21.7 Å². The van der Waals surface area contributed by atoms with Gasteiger partial charge in [0.25, 0.3) is 0 Å². The van der Waals surface area contributed by atoms with Crippen molar-refractivity contribution in [2.75, 3.05) is 5.73 Å². The molecule has 1 aromatic carbocycles. The van der Waals surface area contributed by atoms with Gasteiger partial charge in [0.1, 0.15) is 23.3 Å². The Morgan fingerprint density at radius 2 is 2.00 bits per heavy atom. The van der Waals surface area contributed by atoms with Crippen LogP contribution < -0.4 is 5.73 Å². The maximum absolute atomic E-state index is 8.71. The van der Waals surface area contributed by atoms with Crippen LogP contribution >= 0.6 is 15.9 Å². The summed E-state index contributed by atoms with van der Waals surface area (Å²) >= 11 is 3.37. The van der Waals surface area contributed by atoms with E-state index in [1.165, 1.54) is 6.20 Å². The highest BCUT2D eigenvalue weighted by Gasteiger charge is 2.04. The number of nitrogens with two attached hydrogens (primary N) is 1. The molecule has 0 bridgehead atoms. The summed E-state index contributed by atoms with van der Waals surface area (Å²) in [4.78, 5) is 8.20. The average molecular weight is 289 g/mol. The van der Waals surface area contributed by atoms with Gasteiger partial charge in [-0.1, -0.05) is 28.1 Å². The van der Waals surface area contributed by atoms with Crippen molar-refractivity contribution in [3.8, 4) is 6.07 Å². The highest BCUT2D eigenvalue weighted by Crippen LogP contribution is 2.13. The molecule has 1 heterocycles. The molecule has 0 atom stereocenters. The van der Waals surface area contributed by atoms with Gasteiger partial charge in [0.05, 0.1) is 6.20 Å². The summed E-state index contributed by atoms with van der Waals surface area (Å²) < 4.78 is 1.03. The molecule has 0 radical (unpaired) electrons. The fraction of sp³-hybridized carbons (Fsp3) is 0.0833. The maximum atomic E-state index is 8.71. The van der Waals surface area contributed by atoms with Crippen LogP contribution in [0.5, 0.6) is 0 Å². The van der Waals surface area contributed by atoms with Gasteiger partial charge in [-0.15, -0.1) is 0 Å². The van der Waals surface area contributed by atoms with Crippen LogP contribution in [0.2, 0.25) is 0 Å². The molecule has 4 nitrogen and oxygen atoms in total. The molecule has 17 heavy (non-hydrogen) atoms. The number of hydrogen-bond donors (Lipinski definition) is 1. The van der Waals surface area contributed by atoms with Gasteiger partial charge in [-0.3, -0.25) is 0 Å². The van der Waals surface area contributed by atoms with Crippen molar-refractivity contribution in [3.05, 3.63) is 51.9 Å². The largest absolute Gasteiger partial charge is 0.382 e. The Bertz CT molecular complexity index is 572. The third kappa shape index (κ3) is 2.80. The number of hydrogen-bond acceptors (Lipinski definition) is 4. The van der Waals surface area contributed by atoms with E-state index in [1.54, 1.807) is 0 Å². The second kappa shape index (κ2) is 4.93. The lowest BCUT2D eigenvalue weighted by atomic mass is 10.1. The first-order valence-electron chi connectivity index (χ1n) is 4.95. The molecule has 0 aliphatic carbocycles. The highest BCUT2D eigenvalue weighted by molar-refractivity contribution is 9.10. The monoisotopic (exact) mass is 288 g/mol. The molecule has 0 fully saturated rings. The minimum atomic E-state index is 0.231. The van der Waals surface area contributed by atoms with Crippen molar-refractivity contribution in [1.82, 2.24) is 9.97 Å². The van der Waals surface area contributed by atoms with Crippen molar-refractivity contribution in [1.29, 1.82) is 5.26 Å². The SMILES string of the molecule is N#Cc1cnc(Cc2ccc(Br)cc2)nc1N. The van der Waals surface area contributed by atoms with Gasteiger partial charge >= 0.3 is 0 Å². The molecule has 84 valence electrons. The van der Waals surface area contributed by atoms with Crippen LogP contribution in [0.15, 0.2) is 34.9 Å². The molecule has 1 aromatic heterocycles. The van der Waals surface area contributed by atoms with Gasteiger partial charge in [0.2, 0.25) is 0 Å². The number of benzene rings is 1. The lowest BCUT2D eigenvalue weighted by molar-refractivity contribution is 0.969. The molecule has 2 rings (SSSR count). The topological polar surface area (TPSA) is 75.6 Å². The van der Waals surface area contributed by atoms with Gasteiger partial charge in [-0.25, -0.2) is 9.97 Å². The third-order valence-electron chi connectivity index (χ3n) is 2.26. The molecule has 0 aliphatic rings. The second-order valence-corrected chi connectivity index (χ2v) is 4.42. The predicted octanol–water partition coefficient (Wildman–Crippen LogP) is 2.28. The van der Waals surface area contributed by atoms with Gasteiger partial charge < -0.3 is 5.73 Å². The highest BCUT2D eigenvalue weighted by atomic mass is 79.9. The Hall–Kier alpha value is -1.93. The predicted molar refractivity (Wildman–Crippen MR) is 68.1 cm³/mol. The summed E-state index contributed by atoms with van der Waals surface area (Å²) in [5.74, 6) is 0.846. The van der Waals surface area contributed by atoms with Crippen LogP contribution in [-0.4, -0.2) is 9.97 Å². The first-order chi connectivity index (χ1) is 8.19. The van der Waals surface area contributed by atoms with Gasteiger partial charge in [-0.05, 0) is 17.7 Å². The number of rotatable bonds is 2. The van der Waals surface area contributed by atoms with Crippen LogP contribution in [0.3, 0.4) is 0 Å². The Labute approximate surface area is 107 Å². The molecule has 2 N–H and O–H groups in total. The third-order valence-corrected chi connectivity index (χ3v) is 2.79. The summed E-state index contributed by atoms with van der Waals surface area (Å²) in [6, 6.07) is 9.83. The Kier molecular flexibility index (Phi) is 3.35. The van der Waals surface area contributed by atoms with Crippen molar-refractivity contribution in [2.24, 2.45) is 0 Å². The summed E-state index contributed by atoms with van der Waals surface area (Å²) in [6.07, 6.45) is 2.06. The van der Waals surface area contributed by atoms with E-state index in [2.05, 4.69) is 25.9 Å². The summed E-state index contributed by atoms with van der Waals surface area (Å²) in [7, 11) is 0. The van der Waals surface area contributed by atoms with E-state index in [0.717, 1.165) is 10.0 Å². The number of nitriles is 1. The van der Waals surface area contributed by atoms with Crippen LogP contribution in [0, 0.1) is 11.3 Å². The molecule has 0 spiro atoms. The van der Waals surface area contributed by atoms with Crippen molar-refractivity contribution in [3.63, 3.8) is 0 Å². The lowest BCUT2D eigenvalue weighted by Gasteiger charge is -2.02. The van der Waals surface area contributed by atoms with Crippen molar-refractivity contribution in [2.45, 2.75) is 6.42 Å². The number of aromatic nitrogens is 2. The fourth-order valence-corrected chi connectivity index (χ4v) is 1.65. The molecule has 5 heteroatoms. The van der Waals surface area contributed by atoms with Gasteiger partial charge in [0, 0.05) is 10.9 Å². The molecule has 0 aliphatic heterocycles. The minimum Gasteiger partial charge on any atom is -0.382 e. The maximum Gasteiger partial charge on any atom is 0.145 e. The first-order valence-corrected chi connectivity index (χ1v) is 5.74. The smallest absolute Gasteiger partial charge is 0.145 e. The summed E-state index contributed by atoms with van der Waals surface area (Å²) in [6.45, 7) is 0. The lowest BCUT2D eigenvalue weighted by Crippen LogP contribution is -2.02. The van der Waals surface area contributed by atoms with E-state index in [9.17, 15) is 0 Å². The molecule has 2 aromatic rings. The van der Waals surface area contributed by atoms with E-state index in [1.807, 2.05) is 30.3 Å². The van der Waals surface area contributed by atoms with E-state index in [4.69, 9.17) is 11.0 Å². The van der Waals surface area contributed by atoms with E-state index >= 15 is 0 Å². The van der Waals surface area contributed by atoms with E-state index in [-0.39, 0.29) is 5.82 Å². The quantitative estimate of drug-likeness (QED) is 0.920. The Morgan fingerprint density at radius 3 is 2.59 bits per heavy atom. The van der Waals surface area contributed by atoms with Crippen LogP contribution in [0.25, 0.3) is 0 Å². The van der Waals surface area contributed by atoms with E-state index in [0.29, 0.717) is 17.8 Å². The first kappa shape index (κ1) is 11.6. The molecule has 0 saturated heterocycles. The summed E-state index contributed by atoms with van der Waals surface area (Å²) in [5, 5.41) is 8.71. The fourth-order valence-electron chi connectivity index (χ4n) is 1.39. The average Bonchev–Trinajstić information content (AvgIpc) is 2.32. The zero-order chi connectivity index (χ0) is 12.3. The number of anilines is 1. The zero-order valence-corrected chi connectivity index (χ0v) is 10.5. The van der Waals surface area contributed by atoms with Gasteiger partial charge in [0.15, 0.2) is 0 Å². The Morgan fingerprint density at radius 1 is 1.29 bits per heavy atom. The summed E-state index contributed by atoms with van der Waals surface area (Å²) in [5.41, 5.74) is 7.03. The molecule has 0 saturated carbocycles. The molecule has 0 unspecified atom stereocenters. The number of halogens is 1. The normalized spacial score (nSPS) is 9.88. The standard InChI is InChI=1S/C12H9BrN4/c13-10-3-1-8(2-4-10)5-11-16-7-9(6-14)12(15)17-11/h1-4,7H,5H2,(H2,15,16,17). The van der Waals surface area contributed by atoms with Crippen LogP contribution in [0.1, 0.15) is 17.0 Å². The Balaban J connectivity index is 2.22. The second-order valence-electron chi connectivity index (χ2n) is 3.50. The van der Waals surface area contributed by atoms with Crippen molar-refractivity contribution < 1.29 is 0 Å². The zero-order valence-electron chi connectivity index (χ0n) is 8.89. The molecule has 0 amide bonds. The number of nitrogens with zero attached hydrogens (tertiary/aromatic N) is 3. The number of nitrogen functional groups attached to an aromatic ring is 1. The van der Waals surface area contributed by atoms with E-state index < -0.39 is 0 Å². The molecular weight excluding hydrogens is 280 g/mol. The van der Waals surface area contributed by atoms with Crippen LogP contribution in [0.4, 0.5) is 5.82 Å². The van der Waals surface area contributed by atoms with Crippen LogP contribution in [-0.2, 0) is 6.42 Å². The van der Waals surface area contributed by atoms with Gasteiger partial charge in [-0.2, -0.15) is 5.26 Å².